The molecule has 2 atom stereocenters. The van der Waals surface area contributed by atoms with Gasteiger partial charge < -0.3 is 9.47 Å². The summed E-state index contributed by atoms with van der Waals surface area (Å²) < 4.78 is 12.0. The van der Waals surface area contributed by atoms with E-state index in [1.54, 1.807) is 18.2 Å². The number of halogens is 2. The van der Waals surface area contributed by atoms with Crippen molar-refractivity contribution >= 4 is 33.3 Å². The van der Waals surface area contributed by atoms with Crippen LogP contribution < -0.4 is 4.74 Å². The maximum absolute atomic E-state index is 11.4. The smallest absolute Gasteiger partial charge is 0.169 e. The van der Waals surface area contributed by atoms with Crippen molar-refractivity contribution in [3.05, 3.63) is 27.7 Å². The molecule has 1 aromatic rings. The summed E-state index contributed by atoms with van der Waals surface area (Å²) in [5, 5.41) is 0.637. The number of ketones is 1. The predicted molar refractivity (Wildman–Crippen MR) is 73.2 cm³/mol. The molecule has 18 heavy (non-hydrogen) atoms. The van der Waals surface area contributed by atoms with Gasteiger partial charge in [0.05, 0.1) is 4.47 Å². The fourth-order valence-corrected chi connectivity index (χ4v) is 2.53. The quantitative estimate of drug-likeness (QED) is 0.825. The first-order valence-electron chi connectivity index (χ1n) is 5.88. The van der Waals surface area contributed by atoms with E-state index < -0.39 is 6.10 Å². The second-order valence-corrected chi connectivity index (χ2v) is 5.48. The van der Waals surface area contributed by atoms with Crippen molar-refractivity contribution in [3.8, 4) is 5.75 Å². The number of hydrogen-bond donors (Lipinski definition) is 0. The SMILES string of the molecule is CCCOC1C(=O)CC1Oc1ccc(Cl)cc1Br. The molecule has 0 N–H and O–H groups in total. The number of carbonyl (C=O) groups is 1. The Balaban J connectivity index is 1.99. The minimum atomic E-state index is -0.424. The number of Topliss-reactive ketones (excluding diaryl/α,β-unsaturated/α-hetero) is 1. The molecule has 0 saturated heterocycles. The maximum Gasteiger partial charge on any atom is 0.169 e. The summed E-state index contributed by atoms with van der Waals surface area (Å²) in [5.74, 6) is 0.792. The van der Waals surface area contributed by atoms with E-state index in [1.807, 2.05) is 6.92 Å². The van der Waals surface area contributed by atoms with Crippen molar-refractivity contribution < 1.29 is 14.3 Å². The van der Waals surface area contributed by atoms with Crippen LogP contribution in [0.1, 0.15) is 19.8 Å². The molecule has 1 saturated carbocycles. The van der Waals surface area contributed by atoms with E-state index in [4.69, 9.17) is 21.1 Å². The Bertz CT molecular complexity index is 450. The molecule has 0 heterocycles. The Morgan fingerprint density at radius 1 is 1.50 bits per heavy atom. The van der Waals surface area contributed by atoms with Gasteiger partial charge in [0, 0.05) is 18.1 Å². The summed E-state index contributed by atoms with van der Waals surface area (Å²) >= 11 is 9.24. The fraction of sp³-hybridized carbons (Fsp3) is 0.462. The molecule has 3 nitrogen and oxygen atoms in total. The van der Waals surface area contributed by atoms with Crippen LogP contribution >= 0.6 is 27.5 Å². The van der Waals surface area contributed by atoms with Crippen molar-refractivity contribution in [1.82, 2.24) is 0 Å². The molecule has 1 fully saturated rings. The highest BCUT2D eigenvalue weighted by Crippen LogP contribution is 2.32. The molecule has 0 aliphatic heterocycles. The highest BCUT2D eigenvalue weighted by Gasteiger charge is 2.42. The molecule has 0 spiro atoms. The molecule has 0 aromatic heterocycles. The van der Waals surface area contributed by atoms with Gasteiger partial charge in [-0.1, -0.05) is 18.5 Å². The zero-order valence-electron chi connectivity index (χ0n) is 9.99. The van der Waals surface area contributed by atoms with Gasteiger partial charge in [-0.05, 0) is 40.5 Å². The Labute approximate surface area is 120 Å². The minimum Gasteiger partial charge on any atom is -0.486 e. The number of rotatable bonds is 5. The monoisotopic (exact) mass is 332 g/mol. The summed E-state index contributed by atoms with van der Waals surface area (Å²) in [6.07, 6.45) is 0.680. The van der Waals surface area contributed by atoms with Crippen molar-refractivity contribution in [2.45, 2.75) is 32.0 Å². The van der Waals surface area contributed by atoms with E-state index in [-0.39, 0.29) is 11.9 Å². The van der Waals surface area contributed by atoms with Crippen molar-refractivity contribution in [3.63, 3.8) is 0 Å². The van der Waals surface area contributed by atoms with Crippen LogP contribution in [-0.4, -0.2) is 24.6 Å². The zero-order chi connectivity index (χ0) is 13.1. The topological polar surface area (TPSA) is 35.5 Å². The van der Waals surface area contributed by atoms with Crippen LogP contribution in [0, 0.1) is 0 Å². The van der Waals surface area contributed by atoms with Crippen LogP contribution in [-0.2, 0) is 9.53 Å². The summed E-state index contributed by atoms with van der Waals surface area (Å²) in [4.78, 5) is 11.4. The lowest BCUT2D eigenvalue weighted by molar-refractivity contribution is -0.154. The highest BCUT2D eigenvalue weighted by molar-refractivity contribution is 9.10. The average molecular weight is 334 g/mol. The summed E-state index contributed by atoms with van der Waals surface area (Å²) in [6.45, 7) is 2.59. The molecular weight excluding hydrogens is 319 g/mol. The van der Waals surface area contributed by atoms with Gasteiger partial charge in [-0.25, -0.2) is 0 Å². The second-order valence-electron chi connectivity index (χ2n) is 4.19. The molecule has 1 aromatic carbocycles. The van der Waals surface area contributed by atoms with Crippen molar-refractivity contribution in [1.29, 1.82) is 0 Å². The van der Waals surface area contributed by atoms with Gasteiger partial charge in [0.15, 0.2) is 11.9 Å². The van der Waals surface area contributed by atoms with Gasteiger partial charge >= 0.3 is 0 Å². The van der Waals surface area contributed by atoms with Gasteiger partial charge in [-0.3, -0.25) is 4.79 Å². The Hall–Kier alpha value is -0.580. The molecular formula is C13H14BrClO3. The highest BCUT2D eigenvalue weighted by atomic mass is 79.9. The molecule has 0 amide bonds. The maximum atomic E-state index is 11.4. The van der Waals surface area contributed by atoms with Gasteiger partial charge in [0.2, 0.25) is 0 Å². The molecule has 0 bridgehead atoms. The van der Waals surface area contributed by atoms with E-state index in [0.717, 1.165) is 10.9 Å². The van der Waals surface area contributed by atoms with Crippen LogP contribution in [0.3, 0.4) is 0 Å². The molecule has 5 heteroatoms. The third kappa shape index (κ3) is 3.05. The normalized spacial score (nSPS) is 22.7. The average Bonchev–Trinajstić information content (AvgIpc) is 2.32. The first-order chi connectivity index (χ1) is 8.61. The lowest BCUT2D eigenvalue weighted by Gasteiger charge is -2.34. The summed E-state index contributed by atoms with van der Waals surface area (Å²) in [5.41, 5.74) is 0. The van der Waals surface area contributed by atoms with Gasteiger partial charge in [0.1, 0.15) is 11.9 Å². The molecule has 2 rings (SSSR count). The molecule has 1 aliphatic rings. The van der Waals surface area contributed by atoms with Crippen LogP contribution in [0.25, 0.3) is 0 Å². The van der Waals surface area contributed by atoms with Crippen molar-refractivity contribution in [2.75, 3.05) is 6.61 Å². The van der Waals surface area contributed by atoms with Crippen LogP contribution in [0.4, 0.5) is 0 Å². The van der Waals surface area contributed by atoms with Crippen LogP contribution in [0.2, 0.25) is 5.02 Å². The number of benzene rings is 1. The van der Waals surface area contributed by atoms with Crippen molar-refractivity contribution in [2.24, 2.45) is 0 Å². The Morgan fingerprint density at radius 3 is 2.89 bits per heavy atom. The standard InChI is InChI=1S/C13H14BrClO3/c1-2-5-17-13-10(16)7-12(13)18-11-4-3-8(15)6-9(11)14/h3-4,6,12-13H,2,5,7H2,1H3. The van der Waals surface area contributed by atoms with Crippen LogP contribution in [0.5, 0.6) is 5.75 Å². The third-order valence-corrected chi connectivity index (χ3v) is 3.59. The fourth-order valence-electron chi connectivity index (χ4n) is 1.75. The molecule has 2 unspecified atom stereocenters. The van der Waals surface area contributed by atoms with E-state index >= 15 is 0 Å². The first-order valence-corrected chi connectivity index (χ1v) is 7.05. The lowest BCUT2D eigenvalue weighted by atomic mass is 9.90. The minimum absolute atomic E-state index is 0.110. The largest absolute Gasteiger partial charge is 0.486 e. The second kappa shape index (κ2) is 6.04. The van der Waals surface area contributed by atoms with Crippen LogP contribution in [0.15, 0.2) is 22.7 Å². The lowest BCUT2D eigenvalue weighted by Crippen LogP contribution is -2.52. The number of hydrogen-bond acceptors (Lipinski definition) is 3. The number of carbonyl (C=O) groups excluding carboxylic acids is 1. The summed E-state index contributed by atoms with van der Waals surface area (Å²) in [7, 11) is 0. The molecule has 0 radical (unpaired) electrons. The van der Waals surface area contributed by atoms with E-state index in [0.29, 0.717) is 23.8 Å². The van der Waals surface area contributed by atoms with E-state index in [2.05, 4.69) is 15.9 Å². The predicted octanol–water partition coefficient (Wildman–Crippen LogP) is 3.62. The summed E-state index contributed by atoms with van der Waals surface area (Å²) in [6, 6.07) is 5.30. The van der Waals surface area contributed by atoms with Gasteiger partial charge in [-0.15, -0.1) is 0 Å². The molecule has 98 valence electrons. The molecule has 1 aliphatic carbocycles. The zero-order valence-corrected chi connectivity index (χ0v) is 12.3. The van der Waals surface area contributed by atoms with E-state index in [9.17, 15) is 4.79 Å². The Kier molecular flexibility index (Phi) is 4.65. The number of ether oxygens (including phenoxy) is 2. The van der Waals surface area contributed by atoms with Gasteiger partial charge in [0.25, 0.3) is 0 Å². The van der Waals surface area contributed by atoms with Gasteiger partial charge in [-0.2, -0.15) is 0 Å². The Morgan fingerprint density at radius 2 is 2.28 bits per heavy atom. The third-order valence-electron chi connectivity index (χ3n) is 2.73. The first kappa shape index (κ1) is 13.8. The van der Waals surface area contributed by atoms with E-state index in [1.165, 1.54) is 0 Å².